The van der Waals surface area contributed by atoms with Crippen molar-refractivity contribution in [3.63, 3.8) is 0 Å². The van der Waals surface area contributed by atoms with E-state index in [-0.39, 0.29) is 10.8 Å². The largest absolute Gasteiger partial charge is 0.308 e. The third-order valence-electron chi connectivity index (χ3n) is 3.32. The van der Waals surface area contributed by atoms with Gasteiger partial charge < -0.3 is 9.13 Å². The molecular weight excluding hydrogens is 236 g/mol. The van der Waals surface area contributed by atoms with Gasteiger partial charge in [-0.3, -0.25) is 19.2 Å². The number of aryl methyl sites for hydroxylation is 2. The second kappa shape index (κ2) is 3.04. The van der Waals surface area contributed by atoms with Crippen molar-refractivity contribution < 1.29 is 0 Å². The molecule has 18 heavy (non-hydrogen) atoms. The monoisotopic (exact) mass is 244 g/mol. The van der Waals surface area contributed by atoms with E-state index in [1.807, 2.05) is 0 Å². The Hall–Kier alpha value is -2.50. The van der Waals surface area contributed by atoms with Crippen LogP contribution in [0.5, 0.6) is 0 Å². The predicted octanol–water partition coefficient (Wildman–Crippen LogP) is -1.01. The van der Waals surface area contributed by atoms with Crippen LogP contribution in [0.2, 0.25) is 0 Å². The third kappa shape index (κ3) is 1.02. The van der Waals surface area contributed by atoms with E-state index < -0.39 is 22.0 Å². The highest BCUT2D eigenvalue weighted by Crippen LogP contribution is 2.16. The van der Waals surface area contributed by atoms with E-state index in [2.05, 4.69) is 0 Å². The minimum Gasteiger partial charge on any atom is -0.308 e. The first-order valence-electron chi connectivity index (χ1n) is 5.26. The molecular formula is C12H8N2O4. The molecule has 0 bridgehead atoms. The fourth-order valence-electron chi connectivity index (χ4n) is 2.25. The second-order valence-electron chi connectivity index (χ2n) is 4.27. The summed E-state index contributed by atoms with van der Waals surface area (Å²) in [6.07, 6.45) is 0. The number of nitrogens with zero attached hydrogens (tertiary/aromatic N) is 2. The van der Waals surface area contributed by atoms with Gasteiger partial charge in [-0.1, -0.05) is 0 Å². The van der Waals surface area contributed by atoms with E-state index >= 15 is 0 Å². The van der Waals surface area contributed by atoms with Crippen molar-refractivity contribution in [1.29, 1.82) is 0 Å². The molecule has 1 aromatic carbocycles. The van der Waals surface area contributed by atoms with Gasteiger partial charge in [0.25, 0.3) is 22.0 Å². The summed E-state index contributed by atoms with van der Waals surface area (Å²) < 4.78 is 2.38. The average Bonchev–Trinajstić information content (AvgIpc) is 2.71. The molecule has 0 saturated carbocycles. The summed E-state index contributed by atoms with van der Waals surface area (Å²) in [7, 11) is 2.92. The normalized spacial score (nSPS) is 11.7. The quantitative estimate of drug-likeness (QED) is 0.474. The molecule has 0 aliphatic rings. The first-order valence-corrected chi connectivity index (χ1v) is 5.26. The predicted molar refractivity (Wildman–Crippen MR) is 66.8 cm³/mol. The Morgan fingerprint density at radius 2 is 1.06 bits per heavy atom. The molecule has 0 aliphatic carbocycles. The standard InChI is InChI=1S/C12H8N2O4/c1-13-7-3-6-8(14(2)12(18)10(6)16)4-5(7)9(15)11(13)17/h3-4H,1-2H3. The van der Waals surface area contributed by atoms with Crippen molar-refractivity contribution in [2.24, 2.45) is 14.1 Å². The molecule has 2 aromatic heterocycles. The SMILES string of the molecule is Cn1c(=O)c(=O)c2cc3c(cc21)c(=O)c(=O)n3C. The van der Waals surface area contributed by atoms with Crippen LogP contribution < -0.4 is 22.0 Å². The van der Waals surface area contributed by atoms with Gasteiger partial charge in [-0.05, 0) is 12.1 Å². The first kappa shape index (κ1) is 10.6. The van der Waals surface area contributed by atoms with E-state index in [9.17, 15) is 19.2 Å². The number of aromatic nitrogens is 2. The lowest BCUT2D eigenvalue weighted by atomic mass is 10.2. The Balaban J connectivity index is 2.77. The van der Waals surface area contributed by atoms with Gasteiger partial charge in [-0.15, -0.1) is 0 Å². The number of hydrogen-bond donors (Lipinski definition) is 0. The van der Waals surface area contributed by atoms with Gasteiger partial charge in [0.2, 0.25) is 0 Å². The Morgan fingerprint density at radius 3 is 1.39 bits per heavy atom. The Labute approximate surface area is 99.0 Å². The molecule has 0 radical (unpaired) electrons. The maximum absolute atomic E-state index is 11.7. The van der Waals surface area contributed by atoms with Crippen LogP contribution in [0.1, 0.15) is 0 Å². The third-order valence-corrected chi connectivity index (χ3v) is 3.32. The number of rotatable bonds is 0. The van der Waals surface area contributed by atoms with E-state index in [4.69, 9.17) is 0 Å². The molecule has 0 spiro atoms. The summed E-state index contributed by atoms with van der Waals surface area (Å²) in [5.74, 6) is 0. The number of fused-ring (bicyclic) bond motifs is 2. The maximum atomic E-state index is 11.7. The maximum Gasteiger partial charge on any atom is 0.299 e. The van der Waals surface area contributed by atoms with Crippen LogP contribution in [0.4, 0.5) is 0 Å². The van der Waals surface area contributed by atoms with Crippen molar-refractivity contribution in [2.75, 3.05) is 0 Å². The van der Waals surface area contributed by atoms with Gasteiger partial charge in [0.05, 0.1) is 21.8 Å². The van der Waals surface area contributed by atoms with Gasteiger partial charge in [-0.25, -0.2) is 0 Å². The molecule has 3 rings (SSSR count). The van der Waals surface area contributed by atoms with E-state index in [1.165, 1.54) is 35.4 Å². The van der Waals surface area contributed by atoms with Crippen molar-refractivity contribution in [1.82, 2.24) is 9.13 Å². The van der Waals surface area contributed by atoms with Crippen LogP contribution in [0.3, 0.4) is 0 Å². The van der Waals surface area contributed by atoms with Crippen molar-refractivity contribution >= 4 is 21.8 Å². The molecule has 2 heterocycles. The van der Waals surface area contributed by atoms with Crippen LogP contribution in [-0.4, -0.2) is 9.13 Å². The summed E-state index contributed by atoms with van der Waals surface area (Å²) in [6.45, 7) is 0. The van der Waals surface area contributed by atoms with Crippen LogP contribution in [0.15, 0.2) is 31.3 Å². The minimum atomic E-state index is -0.630. The lowest BCUT2D eigenvalue weighted by molar-refractivity contribution is 0.916. The smallest absolute Gasteiger partial charge is 0.299 e. The topological polar surface area (TPSA) is 78.1 Å². The molecule has 0 atom stereocenters. The van der Waals surface area contributed by atoms with Gasteiger partial charge >= 0.3 is 0 Å². The van der Waals surface area contributed by atoms with Crippen LogP contribution in [0.25, 0.3) is 21.8 Å². The molecule has 0 N–H and O–H groups in total. The van der Waals surface area contributed by atoms with Gasteiger partial charge in [0, 0.05) is 14.1 Å². The van der Waals surface area contributed by atoms with Crippen molar-refractivity contribution in [3.05, 3.63) is 53.3 Å². The zero-order valence-electron chi connectivity index (χ0n) is 9.68. The highest BCUT2D eigenvalue weighted by atomic mass is 16.2. The van der Waals surface area contributed by atoms with Crippen LogP contribution in [-0.2, 0) is 14.1 Å². The molecule has 0 amide bonds. The van der Waals surface area contributed by atoms with Crippen LogP contribution >= 0.6 is 0 Å². The zero-order chi connectivity index (χ0) is 13.2. The fraction of sp³-hybridized carbons (Fsp3) is 0.167. The number of hydrogen-bond acceptors (Lipinski definition) is 4. The average molecular weight is 244 g/mol. The van der Waals surface area contributed by atoms with Gasteiger partial charge in [-0.2, -0.15) is 0 Å². The van der Waals surface area contributed by atoms with Gasteiger partial charge in [0.15, 0.2) is 0 Å². The molecule has 6 heteroatoms. The molecule has 0 saturated heterocycles. The Morgan fingerprint density at radius 1 is 0.722 bits per heavy atom. The van der Waals surface area contributed by atoms with Crippen LogP contribution in [0, 0.1) is 0 Å². The van der Waals surface area contributed by atoms with Gasteiger partial charge in [0.1, 0.15) is 0 Å². The first-order chi connectivity index (χ1) is 8.43. The lowest BCUT2D eigenvalue weighted by Crippen LogP contribution is -2.25. The number of benzene rings is 1. The molecule has 6 nitrogen and oxygen atoms in total. The summed E-state index contributed by atoms with van der Waals surface area (Å²) in [6, 6.07) is 2.86. The summed E-state index contributed by atoms with van der Waals surface area (Å²) in [5, 5.41) is 0.464. The molecule has 0 aliphatic heterocycles. The molecule has 0 unspecified atom stereocenters. The van der Waals surface area contributed by atoms with Crippen molar-refractivity contribution in [2.45, 2.75) is 0 Å². The molecule has 0 fully saturated rings. The Bertz CT molecular complexity index is 929. The summed E-state index contributed by atoms with van der Waals surface area (Å²) in [4.78, 5) is 46.5. The second-order valence-corrected chi connectivity index (χ2v) is 4.27. The zero-order valence-corrected chi connectivity index (χ0v) is 9.68. The summed E-state index contributed by atoms with van der Waals surface area (Å²) in [5.41, 5.74) is -1.74. The fourth-order valence-corrected chi connectivity index (χ4v) is 2.25. The molecule has 90 valence electrons. The minimum absolute atomic E-state index is 0.232. The highest BCUT2D eigenvalue weighted by Gasteiger charge is 2.16. The highest BCUT2D eigenvalue weighted by molar-refractivity contribution is 5.95. The lowest BCUT2D eigenvalue weighted by Gasteiger charge is -1.96. The van der Waals surface area contributed by atoms with E-state index in [1.54, 1.807) is 0 Å². The summed E-state index contributed by atoms with van der Waals surface area (Å²) >= 11 is 0. The Kier molecular flexibility index (Phi) is 1.80. The van der Waals surface area contributed by atoms with Crippen molar-refractivity contribution in [3.8, 4) is 0 Å². The van der Waals surface area contributed by atoms with E-state index in [0.717, 1.165) is 0 Å². The van der Waals surface area contributed by atoms with E-state index in [0.29, 0.717) is 11.0 Å². The molecule has 3 aromatic rings.